The molecular formula is C12H21NO5S. The number of hydrogen-bond donors (Lipinski definition) is 1. The van der Waals surface area contributed by atoms with Crippen molar-refractivity contribution in [2.24, 2.45) is 5.92 Å². The molecule has 110 valence electrons. The molecule has 0 spiro atoms. The second kappa shape index (κ2) is 9.66. The van der Waals surface area contributed by atoms with E-state index in [1.807, 2.05) is 13.8 Å². The molecule has 0 heterocycles. The summed E-state index contributed by atoms with van der Waals surface area (Å²) in [7, 11) is 0. The number of rotatable bonds is 9. The lowest BCUT2D eigenvalue weighted by atomic mass is 10.2. The van der Waals surface area contributed by atoms with Gasteiger partial charge in [0, 0.05) is 6.54 Å². The molecule has 0 rings (SSSR count). The number of esters is 1. The molecule has 0 atom stereocenters. The van der Waals surface area contributed by atoms with Gasteiger partial charge in [0.25, 0.3) is 0 Å². The van der Waals surface area contributed by atoms with Gasteiger partial charge in [0.05, 0.1) is 18.1 Å². The molecule has 0 aliphatic heterocycles. The maximum atomic E-state index is 11.9. The molecular weight excluding hydrogens is 270 g/mol. The molecule has 0 aromatic rings. The largest absolute Gasteiger partial charge is 0.481 e. The molecule has 0 radical (unpaired) electrons. The standard InChI is InChI=1S/C12H21NO5S/c1-4-18-12(17)6-13(5-9(2)3)10(14)7-19-8-11(15)16/h9H,4-8H2,1-3H3,(H,15,16). The number of thioether (sulfide) groups is 1. The van der Waals surface area contributed by atoms with Gasteiger partial charge in [-0.3, -0.25) is 14.4 Å². The van der Waals surface area contributed by atoms with Crippen LogP contribution in [0, 0.1) is 5.92 Å². The van der Waals surface area contributed by atoms with Crippen molar-refractivity contribution in [1.82, 2.24) is 4.90 Å². The van der Waals surface area contributed by atoms with E-state index in [1.165, 1.54) is 4.90 Å². The van der Waals surface area contributed by atoms with E-state index in [2.05, 4.69) is 0 Å². The summed E-state index contributed by atoms with van der Waals surface area (Å²) in [4.78, 5) is 35.1. The first kappa shape index (κ1) is 17.8. The van der Waals surface area contributed by atoms with Crippen LogP contribution in [0.4, 0.5) is 0 Å². The lowest BCUT2D eigenvalue weighted by molar-refractivity contribution is -0.148. The Hall–Kier alpha value is -1.24. The van der Waals surface area contributed by atoms with Crippen LogP contribution in [0.2, 0.25) is 0 Å². The van der Waals surface area contributed by atoms with Gasteiger partial charge in [-0.1, -0.05) is 13.8 Å². The average Bonchev–Trinajstić information content (AvgIpc) is 2.27. The fraction of sp³-hybridized carbons (Fsp3) is 0.750. The number of carboxylic acids is 1. The Kier molecular flexibility index (Phi) is 9.03. The number of carboxylic acid groups (broad SMARTS) is 1. The second-order valence-electron chi connectivity index (χ2n) is 4.36. The van der Waals surface area contributed by atoms with E-state index >= 15 is 0 Å². The minimum absolute atomic E-state index is 0.0540. The molecule has 0 bridgehead atoms. The van der Waals surface area contributed by atoms with Crippen LogP contribution in [0.15, 0.2) is 0 Å². The van der Waals surface area contributed by atoms with Gasteiger partial charge in [-0.05, 0) is 12.8 Å². The third-order valence-corrected chi connectivity index (χ3v) is 2.92. The van der Waals surface area contributed by atoms with Crippen molar-refractivity contribution in [2.75, 3.05) is 31.2 Å². The summed E-state index contributed by atoms with van der Waals surface area (Å²) in [5, 5.41) is 8.51. The normalized spacial score (nSPS) is 10.3. The zero-order chi connectivity index (χ0) is 14.8. The highest BCUT2D eigenvalue weighted by atomic mass is 32.2. The number of carbonyl (C=O) groups is 3. The molecule has 7 heteroatoms. The number of amides is 1. The molecule has 1 amide bonds. The topological polar surface area (TPSA) is 83.9 Å². The van der Waals surface area contributed by atoms with E-state index in [9.17, 15) is 14.4 Å². The van der Waals surface area contributed by atoms with Crippen LogP contribution < -0.4 is 0 Å². The highest BCUT2D eigenvalue weighted by Gasteiger charge is 2.19. The number of hydrogen-bond acceptors (Lipinski definition) is 5. The fourth-order valence-corrected chi connectivity index (χ4v) is 2.01. The lowest BCUT2D eigenvalue weighted by Crippen LogP contribution is -2.40. The molecule has 0 aliphatic carbocycles. The van der Waals surface area contributed by atoms with Gasteiger partial charge in [0.1, 0.15) is 6.54 Å². The third-order valence-electron chi connectivity index (χ3n) is 2.01. The SMILES string of the molecule is CCOC(=O)CN(CC(C)C)C(=O)CSCC(=O)O. The first-order valence-electron chi connectivity index (χ1n) is 6.09. The van der Waals surface area contributed by atoms with Crippen LogP contribution in [0.25, 0.3) is 0 Å². The van der Waals surface area contributed by atoms with E-state index in [4.69, 9.17) is 9.84 Å². The number of carbonyl (C=O) groups excluding carboxylic acids is 2. The summed E-state index contributed by atoms with van der Waals surface area (Å²) < 4.78 is 4.81. The van der Waals surface area contributed by atoms with Crippen LogP contribution in [0.1, 0.15) is 20.8 Å². The maximum absolute atomic E-state index is 11.9. The van der Waals surface area contributed by atoms with Crippen LogP contribution in [-0.4, -0.2) is 59.1 Å². The Labute approximate surface area is 117 Å². The van der Waals surface area contributed by atoms with Crippen molar-refractivity contribution in [3.8, 4) is 0 Å². The molecule has 0 saturated carbocycles. The molecule has 1 N–H and O–H groups in total. The Morgan fingerprint density at radius 3 is 2.37 bits per heavy atom. The van der Waals surface area contributed by atoms with Crippen LogP contribution in [0.5, 0.6) is 0 Å². The van der Waals surface area contributed by atoms with Crippen LogP contribution >= 0.6 is 11.8 Å². The van der Waals surface area contributed by atoms with Crippen molar-refractivity contribution in [3.05, 3.63) is 0 Å². The van der Waals surface area contributed by atoms with E-state index in [-0.39, 0.29) is 36.5 Å². The molecule has 0 fully saturated rings. The highest BCUT2D eigenvalue weighted by molar-refractivity contribution is 8.00. The molecule has 0 aliphatic rings. The van der Waals surface area contributed by atoms with Gasteiger partial charge in [-0.25, -0.2) is 0 Å². The molecule has 6 nitrogen and oxygen atoms in total. The Morgan fingerprint density at radius 2 is 1.89 bits per heavy atom. The molecule has 0 aromatic carbocycles. The van der Waals surface area contributed by atoms with Crippen molar-refractivity contribution >= 4 is 29.6 Å². The van der Waals surface area contributed by atoms with Crippen molar-refractivity contribution in [3.63, 3.8) is 0 Å². The number of nitrogens with zero attached hydrogens (tertiary/aromatic N) is 1. The predicted molar refractivity (Wildman–Crippen MR) is 73.0 cm³/mol. The zero-order valence-electron chi connectivity index (χ0n) is 11.5. The Morgan fingerprint density at radius 1 is 1.26 bits per heavy atom. The molecule has 0 aromatic heterocycles. The number of ether oxygens (including phenoxy) is 1. The number of aliphatic carboxylic acids is 1. The van der Waals surface area contributed by atoms with E-state index in [0.29, 0.717) is 6.54 Å². The van der Waals surface area contributed by atoms with Crippen molar-refractivity contribution in [2.45, 2.75) is 20.8 Å². The third kappa shape index (κ3) is 9.35. The van der Waals surface area contributed by atoms with E-state index < -0.39 is 11.9 Å². The minimum Gasteiger partial charge on any atom is -0.481 e. The predicted octanol–water partition coefficient (Wildman–Crippen LogP) is 0.852. The van der Waals surface area contributed by atoms with Crippen molar-refractivity contribution in [1.29, 1.82) is 0 Å². The molecule has 19 heavy (non-hydrogen) atoms. The van der Waals surface area contributed by atoms with Gasteiger partial charge in [0.2, 0.25) is 5.91 Å². The maximum Gasteiger partial charge on any atom is 0.325 e. The zero-order valence-corrected chi connectivity index (χ0v) is 12.4. The Balaban J connectivity index is 4.34. The summed E-state index contributed by atoms with van der Waals surface area (Å²) in [6.45, 7) is 6.22. The van der Waals surface area contributed by atoms with Crippen LogP contribution in [0.3, 0.4) is 0 Å². The molecule has 0 saturated heterocycles. The summed E-state index contributed by atoms with van der Waals surface area (Å²) in [6, 6.07) is 0. The summed E-state index contributed by atoms with van der Waals surface area (Å²) in [5.74, 6) is -1.49. The fourth-order valence-electron chi connectivity index (χ4n) is 1.37. The van der Waals surface area contributed by atoms with Gasteiger partial charge >= 0.3 is 11.9 Å². The summed E-state index contributed by atoms with van der Waals surface area (Å²) in [5.41, 5.74) is 0. The van der Waals surface area contributed by atoms with Gasteiger partial charge < -0.3 is 14.7 Å². The van der Waals surface area contributed by atoms with E-state index in [0.717, 1.165) is 11.8 Å². The quantitative estimate of drug-likeness (QED) is 0.634. The van der Waals surface area contributed by atoms with Gasteiger partial charge in [-0.2, -0.15) is 0 Å². The van der Waals surface area contributed by atoms with Gasteiger partial charge in [-0.15, -0.1) is 11.8 Å². The lowest BCUT2D eigenvalue weighted by Gasteiger charge is -2.23. The summed E-state index contributed by atoms with van der Waals surface area (Å²) in [6.07, 6.45) is 0. The first-order chi connectivity index (χ1) is 8.86. The van der Waals surface area contributed by atoms with E-state index in [1.54, 1.807) is 6.92 Å². The van der Waals surface area contributed by atoms with Gasteiger partial charge in [0.15, 0.2) is 0 Å². The second-order valence-corrected chi connectivity index (χ2v) is 5.35. The smallest absolute Gasteiger partial charge is 0.325 e. The average molecular weight is 291 g/mol. The Bertz CT molecular complexity index is 319. The molecule has 0 unspecified atom stereocenters. The first-order valence-corrected chi connectivity index (χ1v) is 7.25. The van der Waals surface area contributed by atoms with Crippen molar-refractivity contribution < 1.29 is 24.2 Å². The highest BCUT2D eigenvalue weighted by Crippen LogP contribution is 2.06. The minimum atomic E-state index is -0.960. The van der Waals surface area contributed by atoms with Crippen LogP contribution in [-0.2, 0) is 19.1 Å². The summed E-state index contributed by atoms with van der Waals surface area (Å²) >= 11 is 1.02. The monoisotopic (exact) mass is 291 g/mol.